The summed E-state index contributed by atoms with van der Waals surface area (Å²) >= 11 is 0. The highest BCUT2D eigenvalue weighted by Crippen LogP contribution is 2.29. The lowest BCUT2D eigenvalue weighted by atomic mass is 9.86. The van der Waals surface area contributed by atoms with Crippen molar-refractivity contribution < 1.29 is 0 Å². The van der Waals surface area contributed by atoms with Gasteiger partial charge in [-0.3, -0.25) is 4.90 Å². The van der Waals surface area contributed by atoms with Gasteiger partial charge in [-0.25, -0.2) is 0 Å². The number of hydrogen-bond acceptors (Lipinski definition) is 2. The Kier molecular flexibility index (Phi) is 6.34. The SMILES string of the molecule is CC(C)c1ccc(C#N)c(-c2ccc(CN3CCC(C(C)C)CC3)cc2)c1. The van der Waals surface area contributed by atoms with Gasteiger partial charge in [-0.05, 0) is 78.1 Å². The zero-order valence-electron chi connectivity index (χ0n) is 17.2. The van der Waals surface area contributed by atoms with E-state index in [4.69, 9.17) is 0 Å². The predicted octanol–water partition coefficient (Wildman–Crippen LogP) is 6.22. The van der Waals surface area contributed by atoms with E-state index in [1.807, 2.05) is 6.07 Å². The summed E-state index contributed by atoms with van der Waals surface area (Å²) in [4.78, 5) is 2.58. The van der Waals surface area contributed by atoms with Crippen molar-refractivity contribution in [2.24, 2.45) is 11.8 Å². The van der Waals surface area contributed by atoms with E-state index in [9.17, 15) is 5.26 Å². The molecular formula is C25H32N2. The number of likely N-dealkylation sites (tertiary alicyclic amines) is 1. The molecule has 1 fully saturated rings. The summed E-state index contributed by atoms with van der Waals surface area (Å²) < 4.78 is 0. The van der Waals surface area contributed by atoms with Gasteiger partial charge in [-0.2, -0.15) is 5.26 Å². The lowest BCUT2D eigenvalue weighted by molar-refractivity contribution is 0.152. The van der Waals surface area contributed by atoms with E-state index in [1.54, 1.807) is 0 Å². The van der Waals surface area contributed by atoms with E-state index >= 15 is 0 Å². The monoisotopic (exact) mass is 360 g/mol. The summed E-state index contributed by atoms with van der Waals surface area (Å²) in [5.41, 5.74) is 5.58. The molecule has 2 aromatic carbocycles. The molecule has 0 aromatic heterocycles. The molecular weight excluding hydrogens is 328 g/mol. The topological polar surface area (TPSA) is 27.0 Å². The maximum Gasteiger partial charge on any atom is 0.0998 e. The van der Waals surface area contributed by atoms with Crippen molar-refractivity contribution in [2.75, 3.05) is 13.1 Å². The van der Waals surface area contributed by atoms with Crippen LogP contribution in [0, 0.1) is 23.2 Å². The van der Waals surface area contributed by atoms with Crippen molar-refractivity contribution in [3.63, 3.8) is 0 Å². The van der Waals surface area contributed by atoms with Crippen molar-refractivity contribution in [3.05, 3.63) is 59.2 Å². The Labute approximate surface area is 164 Å². The number of nitrogens with zero attached hydrogens (tertiary/aromatic N) is 2. The molecule has 0 atom stereocenters. The third kappa shape index (κ3) is 4.79. The summed E-state index contributed by atoms with van der Waals surface area (Å²) in [7, 11) is 0. The fraction of sp³-hybridized carbons (Fsp3) is 0.480. The van der Waals surface area contributed by atoms with Gasteiger partial charge >= 0.3 is 0 Å². The summed E-state index contributed by atoms with van der Waals surface area (Å²) in [6, 6.07) is 17.4. The molecule has 27 heavy (non-hydrogen) atoms. The van der Waals surface area contributed by atoms with E-state index in [2.05, 4.69) is 75.1 Å². The van der Waals surface area contributed by atoms with Gasteiger partial charge in [0.2, 0.25) is 0 Å². The molecule has 1 heterocycles. The molecule has 0 bridgehead atoms. The Bertz CT molecular complexity index is 788. The maximum absolute atomic E-state index is 9.48. The zero-order valence-corrected chi connectivity index (χ0v) is 17.2. The summed E-state index contributed by atoms with van der Waals surface area (Å²) in [6.07, 6.45) is 2.65. The molecule has 0 unspecified atom stereocenters. The molecule has 142 valence electrons. The van der Waals surface area contributed by atoms with Gasteiger partial charge in [0.25, 0.3) is 0 Å². The first-order chi connectivity index (χ1) is 13.0. The highest BCUT2D eigenvalue weighted by atomic mass is 15.1. The van der Waals surface area contributed by atoms with E-state index < -0.39 is 0 Å². The molecule has 1 aliphatic rings. The largest absolute Gasteiger partial charge is 0.299 e. The summed E-state index contributed by atoms with van der Waals surface area (Å²) in [5.74, 6) is 2.16. The number of hydrogen-bond donors (Lipinski definition) is 0. The van der Waals surface area contributed by atoms with Crippen LogP contribution in [-0.2, 0) is 6.54 Å². The van der Waals surface area contributed by atoms with E-state index in [1.165, 1.54) is 37.1 Å². The normalized spacial score (nSPS) is 16.0. The van der Waals surface area contributed by atoms with Crippen LogP contribution in [0.1, 0.15) is 63.1 Å². The van der Waals surface area contributed by atoms with Gasteiger partial charge < -0.3 is 0 Å². The minimum atomic E-state index is 0.463. The molecule has 2 aromatic rings. The van der Waals surface area contributed by atoms with Gasteiger partial charge in [-0.1, -0.05) is 58.0 Å². The highest BCUT2D eigenvalue weighted by molar-refractivity contribution is 5.71. The second kappa shape index (κ2) is 8.72. The van der Waals surface area contributed by atoms with Crippen LogP contribution >= 0.6 is 0 Å². The Morgan fingerprint density at radius 2 is 1.67 bits per heavy atom. The van der Waals surface area contributed by atoms with E-state index in [0.29, 0.717) is 5.92 Å². The van der Waals surface area contributed by atoms with Crippen LogP contribution in [0.5, 0.6) is 0 Å². The van der Waals surface area contributed by atoms with Crippen molar-refractivity contribution in [1.29, 1.82) is 5.26 Å². The van der Waals surface area contributed by atoms with Crippen LogP contribution in [0.2, 0.25) is 0 Å². The van der Waals surface area contributed by atoms with Crippen LogP contribution in [-0.4, -0.2) is 18.0 Å². The lowest BCUT2D eigenvalue weighted by Gasteiger charge is -2.33. The summed E-state index contributed by atoms with van der Waals surface area (Å²) in [5, 5.41) is 9.48. The smallest absolute Gasteiger partial charge is 0.0998 e. The minimum absolute atomic E-state index is 0.463. The molecule has 1 saturated heterocycles. The van der Waals surface area contributed by atoms with Crippen LogP contribution in [0.4, 0.5) is 0 Å². The van der Waals surface area contributed by atoms with Gasteiger partial charge in [0, 0.05) is 6.54 Å². The maximum atomic E-state index is 9.48. The van der Waals surface area contributed by atoms with Gasteiger partial charge in [0.15, 0.2) is 0 Å². The van der Waals surface area contributed by atoms with E-state index in [0.717, 1.165) is 35.1 Å². The fourth-order valence-electron chi connectivity index (χ4n) is 4.08. The minimum Gasteiger partial charge on any atom is -0.299 e. The first-order valence-electron chi connectivity index (χ1n) is 10.3. The van der Waals surface area contributed by atoms with Crippen molar-refractivity contribution >= 4 is 0 Å². The van der Waals surface area contributed by atoms with E-state index in [-0.39, 0.29) is 0 Å². The molecule has 0 aliphatic carbocycles. The predicted molar refractivity (Wildman–Crippen MR) is 114 cm³/mol. The quantitative estimate of drug-likeness (QED) is 0.633. The Morgan fingerprint density at radius 1 is 1.00 bits per heavy atom. The van der Waals surface area contributed by atoms with Gasteiger partial charge in [0.1, 0.15) is 0 Å². The summed E-state index contributed by atoms with van der Waals surface area (Å²) in [6.45, 7) is 12.5. The zero-order chi connectivity index (χ0) is 19.4. The molecule has 0 amide bonds. The fourth-order valence-corrected chi connectivity index (χ4v) is 4.08. The number of nitriles is 1. The first-order valence-corrected chi connectivity index (χ1v) is 10.3. The molecule has 2 nitrogen and oxygen atoms in total. The molecule has 0 spiro atoms. The van der Waals surface area contributed by atoms with Gasteiger partial charge in [-0.15, -0.1) is 0 Å². The molecule has 1 aliphatic heterocycles. The Morgan fingerprint density at radius 3 is 2.22 bits per heavy atom. The van der Waals surface area contributed by atoms with Crippen LogP contribution in [0.25, 0.3) is 11.1 Å². The van der Waals surface area contributed by atoms with Gasteiger partial charge in [0.05, 0.1) is 11.6 Å². The first kappa shape index (κ1) is 19.6. The number of rotatable bonds is 5. The lowest BCUT2D eigenvalue weighted by Crippen LogP contribution is -2.34. The van der Waals surface area contributed by atoms with Crippen molar-refractivity contribution in [2.45, 2.75) is 53.0 Å². The standard InChI is InChI=1S/C25H32N2/c1-18(2)21-11-13-27(14-12-21)17-20-5-7-22(8-6-20)25-15-23(19(3)4)9-10-24(25)16-26/h5-10,15,18-19,21H,11-14,17H2,1-4H3. The van der Waals surface area contributed by atoms with Crippen LogP contribution < -0.4 is 0 Å². The molecule has 2 heteroatoms. The molecule has 0 saturated carbocycles. The average Bonchev–Trinajstić information content (AvgIpc) is 2.68. The molecule has 3 rings (SSSR count). The number of piperidine rings is 1. The van der Waals surface area contributed by atoms with Crippen molar-refractivity contribution in [3.8, 4) is 17.2 Å². The Hall–Kier alpha value is -2.11. The number of benzene rings is 2. The van der Waals surface area contributed by atoms with Crippen molar-refractivity contribution in [1.82, 2.24) is 4.90 Å². The highest BCUT2D eigenvalue weighted by Gasteiger charge is 2.21. The second-order valence-corrected chi connectivity index (χ2v) is 8.63. The third-order valence-electron chi connectivity index (χ3n) is 6.08. The third-order valence-corrected chi connectivity index (χ3v) is 6.08. The van der Waals surface area contributed by atoms with Crippen LogP contribution in [0.3, 0.4) is 0 Å². The molecule has 0 N–H and O–H groups in total. The second-order valence-electron chi connectivity index (χ2n) is 8.63. The Balaban J connectivity index is 1.71. The van der Waals surface area contributed by atoms with Crippen LogP contribution in [0.15, 0.2) is 42.5 Å². The average molecular weight is 361 g/mol. The molecule has 0 radical (unpaired) electrons.